The molecule has 0 aromatic heterocycles. The molecule has 5 nitrogen and oxygen atoms in total. The van der Waals surface area contributed by atoms with E-state index in [4.69, 9.17) is 0 Å². The van der Waals surface area contributed by atoms with Crippen LogP contribution in [0.15, 0.2) is 52.3 Å². The number of rotatable bonds is 3. The molecule has 1 aliphatic heterocycles. The molecule has 0 radical (unpaired) electrons. The summed E-state index contributed by atoms with van der Waals surface area (Å²) in [5, 5.41) is 2.83. The molecule has 3 rings (SSSR count). The Kier molecular flexibility index (Phi) is 4.79. The third kappa shape index (κ3) is 3.52. The summed E-state index contributed by atoms with van der Waals surface area (Å²) < 4.78 is 27.1. The number of hydrogen-bond acceptors (Lipinski definition) is 4. The lowest BCUT2D eigenvalue weighted by Crippen LogP contribution is -2.26. The van der Waals surface area contributed by atoms with Crippen LogP contribution in [0.3, 0.4) is 0 Å². The maximum atomic E-state index is 12.9. The van der Waals surface area contributed by atoms with E-state index in [1.54, 1.807) is 36.0 Å². The fraction of sp³-hybridized carbons (Fsp3) is 0.278. The number of carbonyl (C=O) groups excluding carboxylic acids is 1. The van der Waals surface area contributed by atoms with E-state index >= 15 is 0 Å². The summed E-state index contributed by atoms with van der Waals surface area (Å²) >= 11 is 1.56. The van der Waals surface area contributed by atoms with Gasteiger partial charge < -0.3 is 5.32 Å². The first-order chi connectivity index (χ1) is 11.8. The molecule has 0 saturated carbocycles. The van der Waals surface area contributed by atoms with Gasteiger partial charge in [-0.05, 0) is 37.3 Å². The van der Waals surface area contributed by atoms with Gasteiger partial charge in [0.2, 0.25) is 5.91 Å². The molecule has 1 amide bonds. The number of aryl methyl sites for hydroxylation is 1. The van der Waals surface area contributed by atoms with Crippen LogP contribution >= 0.6 is 11.8 Å². The van der Waals surface area contributed by atoms with Gasteiger partial charge in [-0.3, -0.25) is 9.10 Å². The van der Waals surface area contributed by atoms with Crippen molar-refractivity contribution in [3.05, 3.63) is 48.0 Å². The standard InChI is InChI=1S/C18H20N2O3S2/c1-12-4-6-14(7-5-12)20(3)25(22,23)15-8-9-17-16(10-15)19-18(21)13(2)11-24-17/h4-10,13H,11H2,1-3H3,(H,19,21)/t13-/m1/s1. The quantitative estimate of drug-likeness (QED) is 0.890. The Hall–Kier alpha value is -1.99. The van der Waals surface area contributed by atoms with Gasteiger partial charge in [0.15, 0.2) is 0 Å². The van der Waals surface area contributed by atoms with Crippen molar-refractivity contribution >= 4 is 39.1 Å². The van der Waals surface area contributed by atoms with Gasteiger partial charge in [-0.15, -0.1) is 11.8 Å². The molecule has 1 N–H and O–H groups in total. The van der Waals surface area contributed by atoms with E-state index in [0.29, 0.717) is 17.1 Å². The van der Waals surface area contributed by atoms with Gasteiger partial charge in [-0.2, -0.15) is 0 Å². The predicted octanol–water partition coefficient (Wildman–Crippen LogP) is 3.50. The van der Waals surface area contributed by atoms with Crippen LogP contribution in [0.2, 0.25) is 0 Å². The van der Waals surface area contributed by atoms with Gasteiger partial charge in [0.25, 0.3) is 10.0 Å². The SMILES string of the molecule is Cc1ccc(N(C)S(=O)(=O)c2ccc3c(c2)NC(=O)[C@H](C)CS3)cc1. The van der Waals surface area contributed by atoms with Crippen LogP contribution in [0, 0.1) is 12.8 Å². The molecule has 1 atom stereocenters. The van der Waals surface area contributed by atoms with E-state index in [-0.39, 0.29) is 16.7 Å². The zero-order chi connectivity index (χ0) is 18.2. The Morgan fingerprint density at radius 3 is 2.52 bits per heavy atom. The molecule has 0 spiro atoms. The van der Waals surface area contributed by atoms with Crippen molar-refractivity contribution in [2.45, 2.75) is 23.6 Å². The zero-order valence-electron chi connectivity index (χ0n) is 14.3. The number of anilines is 2. The smallest absolute Gasteiger partial charge is 0.264 e. The molecule has 0 unspecified atom stereocenters. The van der Waals surface area contributed by atoms with E-state index in [9.17, 15) is 13.2 Å². The fourth-order valence-corrected chi connectivity index (χ4v) is 4.72. The minimum atomic E-state index is -3.71. The van der Waals surface area contributed by atoms with Gasteiger partial charge >= 0.3 is 0 Å². The molecule has 1 aliphatic rings. The van der Waals surface area contributed by atoms with Crippen LogP contribution < -0.4 is 9.62 Å². The van der Waals surface area contributed by atoms with Crippen molar-refractivity contribution in [1.82, 2.24) is 0 Å². The van der Waals surface area contributed by atoms with Crippen molar-refractivity contribution < 1.29 is 13.2 Å². The first-order valence-corrected chi connectivity index (χ1v) is 10.3. The molecular weight excluding hydrogens is 356 g/mol. The lowest BCUT2D eigenvalue weighted by atomic mass is 10.2. The summed E-state index contributed by atoms with van der Waals surface area (Å²) in [6.45, 7) is 3.81. The molecule has 1 heterocycles. The summed E-state index contributed by atoms with van der Waals surface area (Å²) in [6.07, 6.45) is 0. The maximum absolute atomic E-state index is 12.9. The van der Waals surface area contributed by atoms with E-state index in [0.717, 1.165) is 10.5 Å². The molecule has 2 aromatic carbocycles. The van der Waals surface area contributed by atoms with Gasteiger partial charge in [0, 0.05) is 23.6 Å². The molecule has 0 fully saturated rings. The lowest BCUT2D eigenvalue weighted by molar-refractivity contribution is -0.118. The number of benzene rings is 2. The van der Waals surface area contributed by atoms with E-state index in [1.807, 2.05) is 26.0 Å². The number of nitrogens with zero attached hydrogens (tertiary/aromatic N) is 1. The van der Waals surface area contributed by atoms with Gasteiger partial charge in [0.1, 0.15) is 0 Å². The highest BCUT2D eigenvalue weighted by atomic mass is 32.2. The van der Waals surface area contributed by atoms with Crippen molar-refractivity contribution in [2.75, 3.05) is 22.4 Å². The molecule has 0 aliphatic carbocycles. The molecule has 25 heavy (non-hydrogen) atoms. The van der Waals surface area contributed by atoms with E-state index in [2.05, 4.69) is 5.32 Å². The first-order valence-electron chi connectivity index (χ1n) is 7.92. The molecule has 0 saturated heterocycles. The summed E-state index contributed by atoms with van der Waals surface area (Å²) in [4.78, 5) is 13.1. The fourth-order valence-electron chi connectivity index (χ4n) is 2.49. The maximum Gasteiger partial charge on any atom is 0.264 e. The number of carbonyl (C=O) groups is 1. The van der Waals surface area contributed by atoms with Crippen LogP contribution in [-0.4, -0.2) is 27.1 Å². The highest BCUT2D eigenvalue weighted by Crippen LogP contribution is 2.35. The number of nitrogens with one attached hydrogen (secondary N) is 1. The Labute approximate surface area is 152 Å². The van der Waals surface area contributed by atoms with Crippen LogP contribution in [0.1, 0.15) is 12.5 Å². The molecular formula is C18H20N2O3S2. The average Bonchev–Trinajstić information content (AvgIpc) is 2.73. The number of hydrogen-bond donors (Lipinski definition) is 1. The van der Waals surface area contributed by atoms with Crippen LogP contribution in [0.25, 0.3) is 0 Å². The number of amides is 1. The Balaban J connectivity index is 1.97. The van der Waals surface area contributed by atoms with E-state index < -0.39 is 10.0 Å². The summed E-state index contributed by atoms with van der Waals surface area (Å²) in [5.41, 5.74) is 2.21. The third-order valence-corrected chi connectivity index (χ3v) is 7.32. The highest BCUT2D eigenvalue weighted by molar-refractivity contribution is 7.99. The zero-order valence-corrected chi connectivity index (χ0v) is 15.9. The minimum absolute atomic E-state index is 0.0901. The van der Waals surface area contributed by atoms with Crippen LogP contribution in [0.4, 0.5) is 11.4 Å². The van der Waals surface area contributed by atoms with Crippen molar-refractivity contribution in [1.29, 1.82) is 0 Å². The van der Waals surface area contributed by atoms with Gasteiger partial charge in [0.05, 0.1) is 16.3 Å². The van der Waals surface area contributed by atoms with Gasteiger partial charge in [-0.1, -0.05) is 24.6 Å². The van der Waals surface area contributed by atoms with Crippen molar-refractivity contribution in [3.8, 4) is 0 Å². The number of thioether (sulfide) groups is 1. The summed E-state index contributed by atoms with van der Waals surface area (Å²) in [6, 6.07) is 12.2. The second-order valence-corrected chi connectivity index (χ2v) is 9.20. The summed E-state index contributed by atoms with van der Waals surface area (Å²) in [7, 11) is -2.18. The van der Waals surface area contributed by atoms with Gasteiger partial charge in [-0.25, -0.2) is 8.42 Å². The Morgan fingerprint density at radius 2 is 1.84 bits per heavy atom. The topological polar surface area (TPSA) is 66.5 Å². The Bertz CT molecular complexity index is 908. The average molecular weight is 377 g/mol. The van der Waals surface area contributed by atoms with Crippen molar-refractivity contribution in [2.24, 2.45) is 5.92 Å². The first kappa shape index (κ1) is 17.8. The number of fused-ring (bicyclic) bond motifs is 1. The second-order valence-electron chi connectivity index (χ2n) is 6.17. The molecule has 132 valence electrons. The monoisotopic (exact) mass is 376 g/mol. The van der Waals surface area contributed by atoms with Crippen LogP contribution in [0.5, 0.6) is 0 Å². The molecule has 0 bridgehead atoms. The largest absolute Gasteiger partial charge is 0.325 e. The van der Waals surface area contributed by atoms with Crippen LogP contribution in [-0.2, 0) is 14.8 Å². The normalized spacial score (nSPS) is 17.4. The lowest BCUT2D eigenvalue weighted by Gasteiger charge is -2.20. The predicted molar refractivity (Wildman–Crippen MR) is 102 cm³/mol. The number of sulfonamides is 1. The molecule has 2 aromatic rings. The van der Waals surface area contributed by atoms with Crippen molar-refractivity contribution in [3.63, 3.8) is 0 Å². The second kappa shape index (κ2) is 6.72. The third-order valence-electron chi connectivity index (χ3n) is 4.20. The molecule has 7 heteroatoms. The Morgan fingerprint density at radius 1 is 1.16 bits per heavy atom. The van der Waals surface area contributed by atoms with E-state index in [1.165, 1.54) is 17.4 Å². The minimum Gasteiger partial charge on any atom is -0.325 e. The highest BCUT2D eigenvalue weighted by Gasteiger charge is 2.25. The summed E-state index contributed by atoms with van der Waals surface area (Å²) in [5.74, 6) is 0.467.